The van der Waals surface area contributed by atoms with Gasteiger partial charge in [0.1, 0.15) is 22.8 Å². The summed E-state index contributed by atoms with van der Waals surface area (Å²) in [4.78, 5) is 26.6. The Morgan fingerprint density at radius 3 is 2.71 bits per heavy atom. The van der Waals surface area contributed by atoms with Gasteiger partial charge in [-0.05, 0) is 32.8 Å². The Balaban J connectivity index is 1.41. The van der Waals surface area contributed by atoms with Crippen molar-refractivity contribution in [1.29, 1.82) is 5.26 Å². The van der Waals surface area contributed by atoms with Crippen molar-refractivity contribution >= 4 is 22.5 Å². The summed E-state index contributed by atoms with van der Waals surface area (Å²) in [5.41, 5.74) is 0.638. The maximum absolute atomic E-state index is 14.9. The van der Waals surface area contributed by atoms with Gasteiger partial charge in [-0.25, -0.2) is 18.2 Å². The topological polar surface area (TPSA) is 86.7 Å². The van der Waals surface area contributed by atoms with Crippen LogP contribution in [-0.4, -0.2) is 52.6 Å². The van der Waals surface area contributed by atoms with Crippen molar-refractivity contribution in [2.24, 2.45) is 17.5 Å². The first-order chi connectivity index (χ1) is 19.6. The van der Waals surface area contributed by atoms with E-state index in [0.717, 1.165) is 22.7 Å². The number of rotatable bonds is 4. The van der Waals surface area contributed by atoms with E-state index in [2.05, 4.69) is 11.0 Å². The van der Waals surface area contributed by atoms with Crippen LogP contribution in [-0.2, 0) is 11.8 Å². The molecule has 1 saturated heterocycles. The molecule has 0 bridgehead atoms. The van der Waals surface area contributed by atoms with Crippen LogP contribution in [0.25, 0.3) is 10.9 Å². The molecule has 1 aromatic heterocycles. The quantitative estimate of drug-likeness (QED) is 0.458. The summed E-state index contributed by atoms with van der Waals surface area (Å²) >= 11 is 0. The summed E-state index contributed by atoms with van der Waals surface area (Å²) < 4.78 is 49.8. The fraction of sp³-hybridized carbons (Fsp3) is 0.467. The van der Waals surface area contributed by atoms with E-state index in [0.29, 0.717) is 62.6 Å². The molecule has 8 nitrogen and oxygen atoms in total. The molecule has 0 unspecified atom stereocenters. The lowest BCUT2D eigenvalue weighted by atomic mass is 10.0. The summed E-state index contributed by atoms with van der Waals surface area (Å²) in [5.74, 6) is 0.360. The molecule has 2 fully saturated rings. The average Bonchev–Trinajstić information content (AvgIpc) is 3.78. The molecule has 41 heavy (non-hydrogen) atoms. The number of aromatic nitrogens is 2. The second-order valence-electron chi connectivity index (χ2n) is 11.2. The molecule has 3 heterocycles. The number of halogens is 3. The number of aryl methyl sites for hydroxylation is 2. The lowest BCUT2D eigenvalue weighted by Gasteiger charge is -2.42. The lowest BCUT2D eigenvalue weighted by molar-refractivity contribution is -0.135. The third-order valence-electron chi connectivity index (χ3n) is 8.65. The Morgan fingerprint density at radius 2 is 2.00 bits per heavy atom. The van der Waals surface area contributed by atoms with E-state index >= 15 is 0 Å². The summed E-state index contributed by atoms with van der Waals surface area (Å²) in [5, 5.41) is 10.2. The molecular formula is C30H31F3N6O2. The van der Waals surface area contributed by atoms with E-state index in [9.17, 15) is 23.2 Å². The Kier molecular flexibility index (Phi) is 6.67. The van der Waals surface area contributed by atoms with Crippen molar-refractivity contribution in [3.8, 4) is 11.8 Å². The number of amides is 1. The number of hydrogen-bond donors (Lipinski definition) is 0. The number of nitrogens with zero attached hydrogens (tertiary/aromatic N) is 6. The molecule has 0 radical (unpaired) electrons. The summed E-state index contributed by atoms with van der Waals surface area (Å²) in [6.45, 7) is 5.58. The summed E-state index contributed by atoms with van der Waals surface area (Å²) in [6, 6.07) is 9.36. The number of nitriles is 1. The first-order valence-electron chi connectivity index (χ1n) is 13.9. The Morgan fingerprint density at radius 1 is 1.24 bits per heavy atom. The van der Waals surface area contributed by atoms with Crippen LogP contribution < -0.4 is 15.1 Å². The summed E-state index contributed by atoms with van der Waals surface area (Å²) in [7, 11) is 1.89. The highest BCUT2D eigenvalue weighted by atomic mass is 19.3. The van der Waals surface area contributed by atoms with Crippen molar-refractivity contribution in [2.45, 2.75) is 51.6 Å². The molecule has 3 aliphatic rings. The number of hydrogen-bond acceptors (Lipinski definition) is 6. The number of anilines is 1. The van der Waals surface area contributed by atoms with Crippen molar-refractivity contribution in [2.75, 3.05) is 31.1 Å². The number of carbonyl (C=O) groups excluding carboxylic acids is 1. The minimum Gasteiger partial charge on any atom is -0.491 e. The number of carbonyl (C=O) groups is 1. The zero-order chi connectivity index (χ0) is 29.1. The molecule has 1 amide bonds. The number of piperazine rings is 1. The van der Waals surface area contributed by atoms with Gasteiger partial charge in [-0.15, -0.1) is 0 Å². The van der Waals surface area contributed by atoms with Crippen LogP contribution in [0.3, 0.4) is 0 Å². The maximum atomic E-state index is 14.9. The second-order valence-corrected chi connectivity index (χ2v) is 11.2. The monoisotopic (exact) mass is 564 g/mol. The highest BCUT2D eigenvalue weighted by Crippen LogP contribution is 2.47. The molecule has 3 aromatic rings. The van der Waals surface area contributed by atoms with E-state index in [4.69, 9.17) is 14.7 Å². The van der Waals surface area contributed by atoms with Gasteiger partial charge in [0.15, 0.2) is 5.49 Å². The molecule has 1 saturated carbocycles. The molecule has 2 aromatic carbocycles. The molecule has 1 aliphatic carbocycles. The molecule has 2 atom stereocenters. The van der Waals surface area contributed by atoms with Crippen molar-refractivity contribution in [1.82, 2.24) is 14.5 Å². The van der Waals surface area contributed by atoms with E-state index in [-0.39, 0.29) is 17.5 Å². The van der Waals surface area contributed by atoms with Crippen LogP contribution in [0.2, 0.25) is 0 Å². The third kappa shape index (κ3) is 4.59. The number of ether oxygens (including phenoxy) is 1. The molecular weight excluding hydrogens is 533 g/mol. The van der Waals surface area contributed by atoms with Gasteiger partial charge in [0.2, 0.25) is 5.91 Å². The first kappa shape index (κ1) is 27.1. The highest BCUT2D eigenvalue weighted by molar-refractivity contribution is 5.89. The largest absolute Gasteiger partial charge is 0.491 e. The van der Waals surface area contributed by atoms with Gasteiger partial charge in [0.25, 0.3) is 6.43 Å². The van der Waals surface area contributed by atoms with Gasteiger partial charge in [-0.1, -0.05) is 18.2 Å². The number of benzene rings is 2. The minimum atomic E-state index is -2.92. The molecule has 0 N–H and O–H groups in total. The van der Waals surface area contributed by atoms with Gasteiger partial charge >= 0.3 is 0 Å². The zero-order valence-corrected chi connectivity index (χ0v) is 23.2. The Bertz CT molecular complexity index is 1660. The van der Waals surface area contributed by atoms with Gasteiger partial charge in [0, 0.05) is 50.1 Å². The SMILES string of the molecule is Cc1nc(=N[C@H](C)c2cccc(C(F)F)c2F)c2cc3c(cc2n1C)OCC[C@@H]1CN(C(=O)C2(C#N)CC2)CCN31. The van der Waals surface area contributed by atoms with Crippen LogP contribution in [0.5, 0.6) is 5.75 Å². The smallest absolute Gasteiger partial charge is 0.266 e. The molecule has 6 rings (SSSR count). The van der Waals surface area contributed by atoms with E-state index in [1.165, 1.54) is 12.1 Å². The summed E-state index contributed by atoms with van der Waals surface area (Å²) in [6.07, 6.45) is -0.968. The van der Waals surface area contributed by atoms with Crippen molar-refractivity contribution < 1.29 is 22.7 Å². The predicted octanol–water partition coefficient (Wildman–Crippen LogP) is 4.72. The van der Waals surface area contributed by atoms with Gasteiger partial charge in [-0.3, -0.25) is 9.79 Å². The predicted molar refractivity (Wildman–Crippen MR) is 146 cm³/mol. The van der Waals surface area contributed by atoms with Crippen LogP contribution in [0.1, 0.15) is 55.6 Å². The molecule has 0 spiro atoms. The Hall–Kier alpha value is -4.07. The van der Waals surface area contributed by atoms with E-state index in [1.807, 2.05) is 35.6 Å². The van der Waals surface area contributed by atoms with Crippen LogP contribution in [0.15, 0.2) is 35.3 Å². The fourth-order valence-corrected chi connectivity index (χ4v) is 5.94. The molecule has 214 valence electrons. The zero-order valence-electron chi connectivity index (χ0n) is 23.2. The minimum absolute atomic E-state index is 0.0125. The fourth-order valence-electron chi connectivity index (χ4n) is 5.94. The van der Waals surface area contributed by atoms with Crippen molar-refractivity contribution in [3.63, 3.8) is 0 Å². The molecule has 11 heteroatoms. The van der Waals surface area contributed by atoms with Crippen LogP contribution in [0.4, 0.5) is 18.9 Å². The normalized spacial score (nSPS) is 20.6. The van der Waals surface area contributed by atoms with Gasteiger partial charge in [-0.2, -0.15) is 5.26 Å². The Labute approximate surface area is 235 Å². The van der Waals surface area contributed by atoms with Crippen molar-refractivity contribution in [3.05, 3.63) is 58.6 Å². The third-order valence-corrected chi connectivity index (χ3v) is 8.65. The number of alkyl halides is 2. The van der Waals surface area contributed by atoms with Crippen LogP contribution >= 0.6 is 0 Å². The first-order valence-corrected chi connectivity index (χ1v) is 13.9. The second kappa shape index (κ2) is 10.1. The van der Waals surface area contributed by atoms with Crippen LogP contribution in [0, 0.1) is 29.5 Å². The van der Waals surface area contributed by atoms with E-state index < -0.39 is 29.3 Å². The number of fused-ring (bicyclic) bond motifs is 4. The average molecular weight is 565 g/mol. The lowest BCUT2D eigenvalue weighted by Crippen LogP contribution is -2.56. The molecule has 2 aliphatic heterocycles. The maximum Gasteiger partial charge on any atom is 0.266 e. The van der Waals surface area contributed by atoms with Gasteiger partial charge in [0.05, 0.1) is 41.5 Å². The van der Waals surface area contributed by atoms with E-state index in [1.54, 1.807) is 6.92 Å². The standard InChI is InChI=1S/C30H31F3N6O2/c1-17(20-5-4-6-21(26(20)31)27(32)33)35-28-22-13-24-25(14-23(22)37(3)18(2)36-28)41-12-7-19-15-38(10-11-39(19)24)29(40)30(16-34)8-9-30/h4-6,13-14,17,19,27H,7-12,15H2,1-3H3/t17-,19-/m1/s1. The van der Waals surface area contributed by atoms with Gasteiger partial charge < -0.3 is 19.1 Å². The highest BCUT2D eigenvalue weighted by Gasteiger charge is 2.53.